The van der Waals surface area contributed by atoms with Gasteiger partial charge in [-0.15, -0.1) is 11.3 Å². The first-order chi connectivity index (χ1) is 14.5. The number of hydrogen-bond acceptors (Lipinski definition) is 6. The number of aryl methyl sites for hydroxylation is 2. The Morgan fingerprint density at radius 1 is 1.33 bits per heavy atom. The maximum absolute atomic E-state index is 13.6. The van der Waals surface area contributed by atoms with E-state index in [-0.39, 0.29) is 16.7 Å². The van der Waals surface area contributed by atoms with Crippen molar-refractivity contribution in [2.45, 2.75) is 49.9 Å². The summed E-state index contributed by atoms with van der Waals surface area (Å²) in [6, 6.07) is 7.37. The molecule has 2 heterocycles. The summed E-state index contributed by atoms with van der Waals surface area (Å²) >= 11 is 2.93. The quantitative estimate of drug-likeness (QED) is 0.442. The zero-order valence-corrected chi connectivity index (χ0v) is 19.0. The van der Waals surface area contributed by atoms with Crippen molar-refractivity contribution in [3.63, 3.8) is 0 Å². The summed E-state index contributed by atoms with van der Waals surface area (Å²) in [6.07, 6.45) is 3.91. The number of thioether (sulfide) groups is 1. The third kappa shape index (κ3) is 3.86. The van der Waals surface area contributed by atoms with E-state index < -0.39 is 0 Å². The Bertz CT molecular complexity index is 1140. The minimum absolute atomic E-state index is 0.0499. The van der Waals surface area contributed by atoms with Crippen molar-refractivity contribution < 1.29 is 9.53 Å². The summed E-state index contributed by atoms with van der Waals surface area (Å²) in [5.74, 6) is 0.671. The third-order valence-corrected chi connectivity index (χ3v) is 7.48. The lowest BCUT2D eigenvalue weighted by molar-refractivity contribution is -0.120. The highest BCUT2D eigenvalue weighted by Gasteiger charge is 2.25. The first-order valence-electron chi connectivity index (χ1n) is 10.2. The highest BCUT2D eigenvalue weighted by molar-refractivity contribution is 8.00. The van der Waals surface area contributed by atoms with Crippen LogP contribution < -0.4 is 15.6 Å². The molecule has 1 aromatic carbocycles. The molecule has 3 aromatic rings. The van der Waals surface area contributed by atoms with Crippen molar-refractivity contribution in [3.8, 4) is 11.4 Å². The first kappa shape index (κ1) is 20.9. The van der Waals surface area contributed by atoms with Crippen molar-refractivity contribution in [2.75, 3.05) is 13.7 Å². The predicted octanol–water partition coefficient (Wildman–Crippen LogP) is 3.95. The predicted molar refractivity (Wildman–Crippen MR) is 122 cm³/mol. The molecule has 2 aromatic heterocycles. The van der Waals surface area contributed by atoms with E-state index in [1.807, 2.05) is 38.1 Å². The Kier molecular flexibility index (Phi) is 6.15. The molecule has 30 heavy (non-hydrogen) atoms. The van der Waals surface area contributed by atoms with Crippen molar-refractivity contribution in [3.05, 3.63) is 45.1 Å². The zero-order valence-electron chi connectivity index (χ0n) is 17.4. The molecular formula is C22H25N3O3S2. The number of rotatable bonds is 7. The van der Waals surface area contributed by atoms with Gasteiger partial charge in [-0.25, -0.2) is 4.98 Å². The van der Waals surface area contributed by atoms with Crippen molar-refractivity contribution in [1.29, 1.82) is 0 Å². The number of carbonyl (C=O) groups excluding carboxylic acids is 1. The van der Waals surface area contributed by atoms with Gasteiger partial charge in [0.2, 0.25) is 5.91 Å². The third-order valence-electron chi connectivity index (χ3n) is 5.24. The topological polar surface area (TPSA) is 73.2 Å². The van der Waals surface area contributed by atoms with Crippen molar-refractivity contribution in [1.82, 2.24) is 14.9 Å². The van der Waals surface area contributed by atoms with Gasteiger partial charge < -0.3 is 10.1 Å². The molecule has 1 amide bonds. The van der Waals surface area contributed by atoms with Gasteiger partial charge in [0.25, 0.3) is 5.56 Å². The van der Waals surface area contributed by atoms with Gasteiger partial charge in [0.15, 0.2) is 5.16 Å². The SMILES string of the molecule is CCCNC(=O)[C@@H](C)Sc1nc2sc3c(c2c(=O)n1-c1ccc(OC)cc1)CCC3. The molecule has 0 unspecified atom stereocenters. The smallest absolute Gasteiger partial charge is 0.267 e. The Morgan fingerprint density at radius 3 is 2.80 bits per heavy atom. The molecule has 0 spiro atoms. The standard InChI is InChI=1S/C22H25N3O3S2/c1-4-12-23-19(26)13(2)29-22-24-20-18(16-6-5-7-17(16)30-20)21(27)25(22)14-8-10-15(28-3)11-9-14/h8-11,13H,4-7,12H2,1-3H3,(H,23,26)/t13-/m1/s1. The molecule has 0 radical (unpaired) electrons. The monoisotopic (exact) mass is 443 g/mol. The Balaban J connectivity index is 1.83. The highest BCUT2D eigenvalue weighted by atomic mass is 32.2. The Labute approximate surface area is 183 Å². The highest BCUT2D eigenvalue weighted by Crippen LogP contribution is 2.36. The fraction of sp³-hybridized carbons (Fsp3) is 0.409. The van der Waals surface area contributed by atoms with Crippen molar-refractivity contribution >= 4 is 39.2 Å². The first-order valence-corrected chi connectivity index (χ1v) is 11.9. The number of hydrogen-bond donors (Lipinski definition) is 1. The van der Waals surface area contributed by atoms with Crippen molar-refractivity contribution in [2.24, 2.45) is 0 Å². The van der Waals surface area contributed by atoms with Gasteiger partial charge in [0, 0.05) is 11.4 Å². The van der Waals surface area contributed by atoms with E-state index in [0.717, 1.165) is 52.9 Å². The molecule has 6 nitrogen and oxygen atoms in total. The van der Waals surface area contributed by atoms with Gasteiger partial charge in [-0.1, -0.05) is 18.7 Å². The lowest BCUT2D eigenvalue weighted by Crippen LogP contribution is -2.32. The molecule has 0 fully saturated rings. The molecule has 0 saturated carbocycles. The van der Waals surface area contributed by atoms with Gasteiger partial charge in [0.05, 0.1) is 23.4 Å². The zero-order chi connectivity index (χ0) is 21.3. The van der Waals surface area contributed by atoms with Crippen LogP contribution in [0.1, 0.15) is 37.1 Å². The second-order valence-corrected chi connectivity index (χ2v) is 9.71. The van der Waals surface area contributed by atoms with Crippen LogP contribution in [-0.2, 0) is 17.6 Å². The number of amides is 1. The number of carbonyl (C=O) groups is 1. The van der Waals surface area contributed by atoms with Crippen LogP contribution in [0.4, 0.5) is 0 Å². The molecule has 1 atom stereocenters. The Morgan fingerprint density at radius 2 is 2.10 bits per heavy atom. The van der Waals surface area contributed by atoms with E-state index in [1.54, 1.807) is 23.0 Å². The molecule has 1 aliphatic carbocycles. The molecule has 158 valence electrons. The minimum Gasteiger partial charge on any atom is -0.497 e. The number of nitrogens with zero attached hydrogens (tertiary/aromatic N) is 2. The number of methoxy groups -OCH3 is 1. The molecule has 1 N–H and O–H groups in total. The van der Waals surface area contributed by atoms with E-state index in [2.05, 4.69) is 5.32 Å². The van der Waals surface area contributed by atoms with E-state index in [9.17, 15) is 9.59 Å². The number of thiophene rings is 1. The molecule has 0 aliphatic heterocycles. The molecule has 4 rings (SSSR count). The van der Waals surface area contributed by atoms with Gasteiger partial charge in [-0.05, 0) is 62.4 Å². The number of aromatic nitrogens is 2. The maximum Gasteiger partial charge on any atom is 0.267 e. The molecule has 1 aliphatic rings. The fourth-order valence-corrected chi connectivity index (χ4v) is 5.92. The largest absolute Gasteiger partial charge is 0.497 e. The average molecular weight is 444 g/mol. The van der Waals surface area contributed by atoms with Gasteiger partial charge in [-0.2, -0.15) is 0 Å². The molecular weight excluding hydrogens is 418 g/mol. The molecule has 8 heteroatoms. The molecule has 0 saturated heterocycles. The van der Waals surface area contributed by atoms with E-state index >= 15 is 0 Å². The van der Waals surface area contributed by atoms with Gasteiger partial charge in [0.1, 0.15) is 10.6 Å². The maximum atomic E-state index is 13.6. The van der Waals surface area contributed by atoms with Crippen LogP contribution in [0, 0.1) is 0 Å². The van der Waals surface area contributed by atoms with E-state index in [0.29, 0.717) is 11.7 Å². The van der Waals surface area contributed by atoms with Crippen LogP contribution in [0.25, 0.3) is 15.9 Å². The minimum atomic E-state index is -0.364. The summed E-state index contributed by atoms with van der Waals surface area (Å²) in [5.41, 5.74) is 1.81. The number of fused-ring (bicyclic) bond motifs is 3. The second kappa shape index (κ2) is 8.81. The van der Waals surface area contributed by atoms with Crippen LogP contribution in [0.5, 0.6) is 5.75 Å². The molecule has 0 bridgehead atoms. The normalized spacial score (nSPS) is 14.0. The second-order valence-electron chi connectivity index (χ2n) is 7.32. The van der Waals surface area contributed by atoms with Gasteiger partial charge in [-0.3, -0.25) is 14.2 Å². The Hall–Kier alpha value is -2.32. The van der Waals surface area contributed by atoms with Crippen LogP contribution in [-0.4, -0.2) is 34.4 Å². The number of ether oxygens (including phenoxy) is 1. The van der Waals surface area contributed by atoms with Crippen LogP contribution in [0.3, 0.4) is 0 Å². The summed E-state index contributed by atoms with van der Waals surface area (Å²) in [5, 5.41) is 3.83. The van der Waals surface area contributed by atoms with Crippen LogP contribution in [0.2, 0.25) is 0 Å². The summed E-state index contributed by atoms with van der Waals surface area (Å²) in [6.45, 7) is 4.50. The average Bonchev–Trinajstić information content (AvgIpc) is 3.33. The summed E-state index contributed by atoms with van der Waals surface area (Å²) < 4.78 is 6.90. The summed E-state index contributed by atoms with van der Waals surface area (Å²) in [7, 11) is 1.61. The van der Waals surface area contributed by atoms with Crippen LogP contribution >= 0.6 is 23.1 Å². The van der Waals surface area contributed by atoms with E-state index in [4.69, 9.17) is 9.72 Å². The lowest BCUT2D eigenvalue weighted by Gasteiger charge is -2.16. The van der Waals surface area contributed by atoms with Gasteiger partial charge >= 0.3 is 0 Å². The lowest BCUT2D eigenvalue weighted by atomic mass is 10.2. The van der Waals surface area contributed by atoms with Crippen LogP contribution in [0.15, 0.2) is 34.2 Å². The van der Waals surface area contributed by atoms with E-state index in [1.165, 1.54) is 16.6 Å². The number of nitrogens with one attached hydrogen (secondary N) is 1. The number of benzene rings is 1. The summed E-state index contributed by atoms with van der Waals surface area (Å²) in [4.78, 5) is 33.0. The fourth-order valence-electron chi connectivity index (χ4n) is 3.67.